The Kier molecular flexibility index (Phi) is 4.93. The maximum Gasteiger partial charge on any atom is 0.237 e. The van der Waals surface area contributed by atoms with Crippen molar-refractivity contribution in [1.82, 2.24) is 10.2 Å². The number of likely N-dealkylation sites (tertiary alicyclic amines) is 1. The number of rotatable bonds is 4. The summed E-state index contributed by atoms with van der Waals surface area (Å²) in [6.07, 6.45) is 3.82. The third-order valence-electron chi connectivity index (χ3n) is 3.30. The molecule has 1 aliphatic heterocycles. The lowest BCUT2D eigenvalue weighted by molar-refractivity contribution is -0.143. The van der Waals surface area contributed by atoms with E-state index in [9.17, 15) is 9.59 Å². The molecule has 0 aromatic heterocycles. The van der Waals surface area contributed by atoms with Crippen molar-refractivity contribution in [3.05, 3.63) is 0 Å². The average Bonchev–Trinajstić information content (AvgIpc) is 2.28. The second-order valence-corrected chi connectivity index (χ2v) is 4.45. The van der Waals surface area contributed by atoms with Crippen LogP contribution >= 0.6 is 0 Å². The minimum Gasteiger partial charge on any atom is -0.329 e. The first kappa shape index (κ1) is 13.2. The zero-order chi connectivity index (χ0) is 12.1. The van der Waals surface area contributed by atoms with Crippen LogP contribution in [0.3, 0.4) is 0 Å². The highest BCUT2D eigenvalue weighted by molar-refractivity contribution is 5.88. The summed E-state index contributed by atoms with van der Waals surface area (Å²) in [7, 11) is 1.76. The lowest BCUT2D eigenvalue weighted by Crippen LogP contribution is -2.54. The number of hydrogen-bond donors (Lipinski definition) is 1. The molecule has 1 heterocycles. The summed E-state index contributed by atoms with van der Waals surface area (Å²) in [4.78, 5) is 25.4. The van der Waals surface area contributed by atoms with Gasteiger partial charge in [0.2, 0.25) is 5.91 Å². The number of hydrogen-bond acceptors (Lipinski definition) is 3. The van der Waals surface area contributed by atoms with Gasteiger partial charge in [0.25, 0.3) is 0 Å². The van der Waals surface area contributed by atoms with Gasteiger partial charge in [-0.1, -0.05) is 6.92 Å². The zero-order valence-corrected chi connectivity index (χ0v) is 10.5. The third kappa shape index (κ3) is 2.82. The molecule has 1 aliphatic rings. The predicted octanol–water partition coefficient (Wildman–Crippen LogP) is 0.954. The summed E-state index contributed by atoms with van der Waals surface area (Å²) in [6.45, 7) is 3.98. The second-order valence-electron chi connectivity index (χ2n) is 4.45. The maximum absolute atomic E-state index is 12.0. The SMILES string of the molecule is CCC1CCCC(C(C)=O)N1C(=O)CNC. The Bertz CT molecular complexity index is 266. The van der Waals surface area contributed by atoms with Gasteiger partial charge in [-0.15, -0.1) is 0 Å². The highest BCUT2D eigenvalue weighted by Gasteiger charge is 2.34. The molecule has 1 saturated heterocycles. The van der Waals surface area contributed by atoms with E-state index in [2.05, 4.69) is 12.2 Å². The highest BCUT2D eigenvalue weighted by atomic mass is 16.2. The molecular formula is C12H22N2O2. The molecule has 1 N–H and O–H groups in total. The van der Waals surface area contributed by atoms with Crippen LogP contribution in [0.1, 0.15) is 39.5 Å². The normalized spacial score (nSPS) is 25.6. The molecule has 0 spiro atoms. The molecule has 92 valence electrons. The van der Waals surface area contributed by atoms with Crippen molar-refractivity contribution in [3.8, 4) is 0 Å². The smallest absolute Gasteiger partial charge is 0.237 e. The number of ketones is 1. The minimum absolute atomic E-state index is 0.0502. The van der Waals surface area contributed by atoms with Crippen molar-refractivity contribution >= 4 is 11.7 Å². The quantitative estimate of drug-likeness (QED) is 0.776. The van der Waals surface area contributed by atoms with E-state index in [1.165, 1.54) is 0 Å². The fourth-order valence-corrected chi connectivity index (χ4v) is 2.50. The number of carbonyl (C=O) groups excluding carboxylic acids is 2. The molecule has 0 bridgehead atoms. The molecule has 0 saturated carbocycles. The molecule has 2 unspecified atom stereocenters. The average molecular weight is 226 g/mol. The van der Waals surface area contributed by atoms with Gasteiger partial charge in [0.05, 0.1) is 12.6 Å². The number of nitrogens with one attached hydrogen (secondary N) is 1. The van der Waals surface area contributed by atoms with Crippen LogP contribution in [0.15, 0.2) is 0 Å². The summed E-state index contributed by atoms with van der Waals surface area (Å²) in [6, 6.07) is 0.0445. The molecule has 0 aromatic rings. The largest absolute Gasteiger partial charge is 0.329 e. The summed E-state index contributed by atoms with van der Waals surface area (Å²) in [5.74, 6) is 0.164. The number of piperidine rings is 1. The van der Waals surface area contributed by atoms with Gasteiger partial charge < -0.3 is 10.2 Å². The number of carbonyl (C=O) groups is 2. The van der Waals surface area contributed by atoms with Gasteiger partial charge in [0, 0.05) is 6.04 Å². The number of likely N-dealkylation sites (N-methyl/N-ethyl adjacent to an activating group) is 1. The fraction of sp³-hybridized carbons (Fsp3) is 0.833. The van der Waals surface area contributed by atoms with E-state index in [0.29, 0.717) is 6.54 Å². The predicted molar refractivity (Wildman–Crippen MR) is 63.2 cm³/mol. The monoisotopic (exact) mass is 226 g/mol. The summed E-state index contributed by atoms with van der Waals surface area (Å²) in [5.41, 5.74) is 0. The summed E-state index contributed by atoms with van der Waals surface area (Å²) in [5, 5.41) is 2.87. The Labute approximate surface area is 97.4 Å². The standard InChI is InChI=1S/C12H22N2O2/c1-4-10-6-5-7-11(9(2)15)14(10)12(16)8-13-3/h10-11,13H,4-8H2,1-3H3. The van der Waals surface area contributed by atoms with Crippen LogP contribution in [-0.2, 0) is 9.59 Å². The molecule has 0 aliphatic carbocycles. The molecule has 0 radical (unpaired) electrons. The van der Waals surface area contributed by atoms with Gasteiger partial charge in [-0.2, -0.15) is 0 Å². The molecule has 4 nitrogen and oxygen atoms in total. The lowest BCUT2D eigenvalue weighted by atomic mass is 9.92. The molecule has 1 fully saturated rings. The first-order valence-corrected chi connectivity index (χ1v) is 6.08. The van der Waals surface area contributed by atoms with Crippen molar-refractivity contribution in [3.63, 3.8) is 0 Å². The zero-order valence-electron chi connectivity index (χ0n) is 10.5. The van der Waals surface area contributed by atoms with Gasteiger partial charge in [-0.05, 0) is 39.7 Å². The Morgan fingerprint density at radius 1 is 1.38 bits per heavy atom. The van der Waals surface area contributed by atoms with Crippen LogP contribution in [0.5, 0.6) is 0 Å². The Hall–Kier alpha value is -0.900. The van der Waals surface area contributed by atoms with E-state index in [4.69, 9.17) is 0 Å². The molecule has 16 heavy (non-hydrogen) atoms. The van der Waals surface area contributed by atoms with Gasteiger partial charge in [0.15, 0.2) is 5.78 Å². The number of Topliss-reactive ketones (excluding diaryl/α,β-unsaturated/α-hetero) is 1. The van der Waals surface area contributed by atoms with Crippen LogP contribution in [-0.4, -0.2) is 42.3 Å². The van der Waals surface area contributed by atoms with Crippen LogP contribution < -0.4 is 5.32 Å². The van der Waals surface area contributed by atoms with E-state index >= 15 is 0 Å². The van der Waals surface area contributed by atoms with Gasteiger partial charge in [0.1, 0.15) is 0 Å². The highest BCUT2D eigenvalue weighted by Crippen LogP contribution is 2.25. The van der Waals surface area contributed by atoms with Crippen molar-refractivity contribution in [2.45, 2.75) is 51.6 Å². The molecule has 1 amide bonds. The third-order valence-corrected chi connectivity index (χ3v) is 3.30. The van der Waals surface area contributed by atoms with E-state index in [1.54, 1.807) is 14.0 Å². The fourth-order valence-electron chi connectivity index (χ4n) is 2.50. The Morgan fingerprint density at radius 3 is 2.56 bits per heavy atom. The topological polar surface area (TPSA) is 49.4 Å². The number of amides is 1. The molecular weight excluding hydrogens is 204 g/mol. The van der Waals surface area contributed by atoms with Gasteiger partial charge in [-0.3, -0.25) is 9.59 Å². The van der Waals surface area contributed by atoms with Crippen molar-refractivity contribution in [2.75, 3.05) is 13.6 Å². The van der Waals surface area contributed by atoms with E-state index in [1.807, 2.05) is 4.90 Å². The van der Waals surface area contributed by atoms with Crippen LogP contribution in [0.25, 0.3) is 0 Å². The molecule has 2 atom stereocenters. The van der Waals surface area contributed by atoms with Crippen molar-refractivity contribution in [2.24, 2.45) is 0 Å². The molecule has 4 heteroatoms. The van der Waals surface area contributed by atoms with E-state index in [0.717, 1.165) is 25.7 Å². The van der Waals surface area contributed by atoms with Crippen LogP contribution in [0.4, 0.5) is 0 Å². The lowest BCUT2D eigenvalue weighted by Gasteiger charge is -2.41. The van der Waals surface area contributed by atoms with Crippen molar-refractivity contribution in [1.29, 1.82) is 0 Å². The van der Waals surface area contributed by atoms with Crippen LogP contribution in [0, 0.1) is 0 Å². The summed E-state index contributed by atoms with van der Waals surface area (Å²) >= 11 is 0. The van der Waals surface area contributed by atoms with E-state index < -0.39 is 0 Å². The number of nitrogens with zero attached hydrogens (tertiary/aromatic N) is 1. The summed E-state index contributed by atoms with van der Waals surface area (Å²) < 4.78 is 0. The Morgan fingerprint density at radius 2 is 2.06 bits per heavy atom. The van der Waals surface area contributed by atoms with Crippen LogP contribution in [0.2, 0.25) is 0 Å². The van der Waals surface area contributed by atoms with E-state index in [-0.39, 0.29) is 23.8 Å². The first-order valence-electron chi connectivity index (χ1n) is 6.08. The molecule has 1 rings (SSSR count). The first-order chi connectivity index (χ1) is 7.61. The minimum atomic E-state index is -0.195. The molecule has 0 aromatic carbocycles. The van der Waals surface area contributed by atoms with Gasteiger partial charge >= 0.3 is 0 Å². The Balaban J connectivity index is 2.82. The van der Waals surface area contributed by atoms with Gasteiger partial charge in [-0.25, -0.2) is 0 Å². The maximum atomic E-state index is 12.0. The van der Waals surface area contributed by atoms with Crippen molar-refractivity contribution < 1.29 is 9.59 Å². The second kappa shape index (κ2) is 5.99.